The maximum atomic E-state index is 2.08. The lowest BCUT2D eigenvalue weighted by atomic mass is 10.2. The van der Waals surface area contributed by atoms with E-state index in [4.69, 9.17) is 0 Å². The third-order valence-corrected chi connectivity index (χ3v) is 1.61. The van der Waals surface area contributed by atoms with E-state index in [-0.39, 0.29) is 0 Å². The maximum absolute atomic E-state index is 2.08. The highest BCUT2D eigenvalue weighted by molar-refractivity contribution is 5.50. The molecule has 0 radical (unpaired) electrons. The Morgan fingerprint density at radius 1 is 0.846 bits per heavy atom. The molecule has 0 N–H and O–H groups in total. The number of hydrogen-bond acceptors (Lipinski definition) is 0. The predicted molar refractivity (Wildman–Crippen MR) is 59.4 cm³/mol. The first-order chi connectivity index (χ1) is 6.43. The number of benzene rings is 1. The number of allylic oxidation sites excluding steroid dienone is 5. The number of rotatable bonds is 3. The van der Waals surface area contributed by atoms with Crippen LogP contribution in [0.1, 0.15) is 12.5 Å². The molecule has 1 aromatic carbocycles. The molecule has 66 valence electrons. The molecule has 0 bridgehead atoms. The van der Waals surface area contributed by atoms with Crippen molar-refractivity contribution in [3.8, 4) is 0 Å². The summed E-state index contributed by atoms with van der Waals surface area (Å²) in [6.45, 7) is 2.01. The zero-order valence-electron chi connectivity index (χ0n) is 7.85. The first kappa shape index (κ1) is 9.53. The van der Waals surface area contributed by atoms with Gasteiger partial charge in [0, 0.05) is 0 Å². The van der Waals surface area contributed by atoms with Crippen molar-refractivity contribution in [2.75, 3.05) is 0 Å². The van der Waals surface area contributed by atoms with Crippen LogP contribution in [0.15, 0.2) is 60.7 Å². The van der Waals surface area contributed by atoms with Crippen molar-refractivity contribution < 1.29 is 0 Å². The highest BCUT2D eigenvalue weighted by Crippen LogP contribution is 2.00. The van der Waals surface area contributed by atoms with E-state index in [1.807, 2.05) is 55.5 Å². The zero-order valence-corrected chi connectivity index (χ0v) is 7.85. The fourth-order valence-electron chi connectivity index (χ4n) is 0.970. The fraction of sp³-hybridized carbons (Fsp3) is 0.0769. The monoisotopic (exact) mass is 170 g/mol. The largest absolute Gasteiger partial charge is 0.0877 e. The van der Waals surface area contributed by atoms with Gasteiger partial charge in [0.05, 0.1) is 0 Å². The highest BCUT2D eigenvalue weighted by Gasteiger charge is 1.78. The average Bonchev–Trinajstić information content (AvgIpc) is 2.19. The van der Waals surface area contributed by atoms with Crippen LogP contribution in [0.5, 0.6) is 0 Å². The summed E-state index contributed by atoms with van der Waals surface area (Å²) in [6, 6.07) is 10.3. The third kappa shape index (κ3) is 4.12. The van der Waals surface area contributed by atoms with Gasteiger partial charge in [-0.2, -0.15) is 0 Å². The molecule has 0 spiro atoms. The summed E-state index contributed by atoms with van der Waals surface area (Å²) in [5.41, 5.74) is 1.23. The molecule has 0 aliphatic heterocycles. The van der Waals surface area contributed by atoms with Gasteiger partial charge in [-0.3, -0.25) is 0 Å². The molecule has 0 saturated carbocycles. The van der Waals surface area contributed by atoms with E-state index in [0.29, 0.717) is 0 Å². The first-order valence-corrected chi connectivity index (χ1v) is 4.44. The smallest absolute Gasteiger partial charge is 0.0257 e. The highest BCUT2D eigenvalue weighted by atomic mass is 13.8. The lowest BCUT2D eigenvalue weighted by Crippen LogP contribution is -1.66. The van der Waals surface area contributed by atoms with Gasteiger partial charge in [0.25, 0.3) is 0 Å². The minimum absolute atomic E-state index is 1.23. The fourth-order valence-corrected chi connectivity index (χ4v) is 0.970. The Bertz CT molecular complexity index is 302. The van der Waals surface area contributed by atoms with Crippen molar-refractivity contribution in [3.05, 3.63) is 66.3 Å². The second kappa shape index (κ2) is 6.01. The van der Waals surface area contributed by atoms with Gasteiger partial charge in [-0.15, -0.1) is 0 Å². The van der Waals surface area contributed by atoms with E-state index in [1.165, 1.54) is 5.56 Å². The second-order valence-corrected chi connectivity index (χ2v) is 2.68. The van der Waals surface area contributed by atoms with Gasteiger partial charge < -0.3 is 0 Å². The molecule has 0 aliphatic carbocycles. The molecule has 0 heterocycles. The summed E-state index contributed by atoms with van der Waals surface area (Å²) in [5.74, 6) is 0. The van der Waals surface area contributed by atoms with Crippen LogP contribution in [0.2, 0.25) is 0 Å². The van der Waals surface area contributed by atoms with Gasteiger partial charge >= 0.3 is 0 Å². The minimum Gasteiger partial charge on any atom is -0.0877 e. The van der Waals surface area contributed by atoms with Crippen molar-refractivity contribution in [1.29, 1.82) is 0 Å². The zero-order chi connectivity index (χ0) is 9.36. The molecule has 0 saturated heterocycles. The SMILES string of the molecule is C/C=C/C=C\C=C/c1ccccc1. The summed E-state index contributed by atoms with van der Waals surface area (Å²) >= 11 is 0. The minimum atomic E-state index is 1.23. The average molecular weight is 170 g/mol. The molecule has 1 rings (SSSR count). The van der Waals surface area contributed by atoms with Crippen molar-refractivity contribution in [3.63, 3.8) is 0 Å². The Balaban J connectivity index is 2.50. The van der Waals surface area contributed by atoms with Gasteiger partial charge in [0.1, 0.15) is 0 Å². The second-order valence-electron chi connectivity index (χ2n) is 2.68. The Morgan fingerprint density at radius 3 is 2.23 bits per heavy atom. The molecule has 0 unspecified atom stereocenters. The van der Waals surface area contributed by atoms with Crippen LogP contribution in [0, 0.1) is 0 Å². The molecule has 0 fully saturated rings. The Labute approximate surface area is 79.9 Å². The lowest BCUT2D eigenvalue weighted by Gasteiger charge is -1.87. The van der Waals surface area contributed by atoms with Crippen LogP contribution >= 0.6 is 0 Å². The van der Waals surface area contributed by atoms with Crippen LogP contribution in [0.25, 0.3) is 6.08 Å². The van der Waals surface area contributed by atoms with Gasteiger partial charge in [0.2, 0.25) is 0 Å². The lowest BCUT2D eigenvalue weighted by molar-refractivity contribution is 1.66. The Kier molecular flexibility index (Phi) is 4.41. The number of hydrogen-bond donors (Lipinski definition) is 0. The van der Waals surface area contributed by atoms with E-state index in [0.717, 1.165) is 0 Å². The molecule has 13 heavy (non-hydrogen) atoms. The summed E-state index contributed by atoms with van der Waals surface area (Å²) < 4.78 is 0. The van der Waals surface area contributed by atoms with Crippen LogP contribution in [-0.2, 0) is 0 Å². The Hall–Kier alpha value is -1.56. The van der Waals surface area contributed by atoms with Gasteiger partial charge in [0.15, 0.2) is 0 Å². The molecule has 0 atom stereocenters. The van der Waals surface area contributed by atoms with Crippen LogP contribution in [0.3, 0.4) is 0 Å². The van der Waals surface area contributed by atoms with E-state index in [1.54, 1.807) is 0 Å². The molecule has 0 aromatic heterocycles. The van der Waals surface area contributed by atoms with Crippen molar-refractivity contribution >= 4 is 6.08 Å². The maximum Gasteiger partial charge on any atom is -0.0257 e. The predicted octanol–water partition coefficient (Wildman–Crippen LogP) is 3.83. The molecule has 0 nitrogen and oxygen atoms in total. The quantitative estimate of drug-likeness (QED) is 0.605. The molecule has 0 heteroatoms. The van der Waals surface area contributed by atoms with E-state index >= 15 is 0 Å². The van der Waals surface area contributed by atoms with Crippen LogP contribution in [-0.4, -0.2) is 0 Å². The van der Waals surface area contributed by atoms with Gasteiger partial charge in [-0.25, -0.2) is 0 Å². The summed E-state index contributed by atoms with van der Waals surface area (Å²) in [7, 11) is 0. The summed E-state index contributed by atoms with van der Waals surface area (Å²) in [5, 5.41) is 0. The topological polar surface area (TPSA) is 0 Å². The molecule has 0 amide bonds. The van der Waals surface area contributed by atoms with E-state index in [9.17, 15) is 0 Å². The van der Waals surface area contributed by atoms with Crippen molar-refractivity contribution in [1.82, 2.24) is 0 Å². The molecule has 0 aliphatic rings. The molecular formula is C13H14. The standard InChI is InChI=1S/C13H14/c1-2-3-4-5-7-10-13-11-8-6-9-12-13/h2-12H,1H3/b3-2+,5-4-,10-7-. The van der Waals surface area contributed by atoms with Gasteiger partial charge in [-0.05, 0) is 12.5 Å². The van der Waals surface area contributed by atoms with E-state index in [2.05, 4.69) is 18.2 Å². The molecule has 1 aromatic rings. The summed E-state index contributed by atoms with van der Waals surface area (Å²) in [6.07, 6.45) is 12.2. The van der Waals surface area contributed by atoms with Crippen LogP contribution < -0.4 is 0 Å². The first-order valence-electron chi connectivity index (χ1n) is 4.44. The van der Waals surface area contributed by atoms with Gasteiger partial charge in [-0.1, -0.05) is 66.8 Å². The normalized spacial score (nSPS) is 12.1. The van der Waals surface area contributed by atoms with Crippen molar-refractivity contribution in [2.45, 2.75) is 6.92 Å². The Morgan fingerprint density at radius 2 is 1.54 bits per heavy atom. The van der Waals surface area contributed by atoms with Crippen molar-refractivity contribution in [2.24, 2.45) is 0 Å². The third-order valence-electron chi connectivity index (χ3n) is 1.61. The molecular weight excluding hydrogens is 156 g/mol. The van der Waals surface area contributed by atoms with Crippen LogP contribution in [0.4, 0.5) is 0 Å². The summed E-state index contributed by atoms with van der Waals surface area (Å²) in [4.78, 5) is 0. The van der Waals surface area contributed by atoms with E-state index < -0.39 is 0 Å².